The summed E-state index contributed by atoms with van der Waals surface area (Å²) in [4.78, 5) is 2.13. The molecule has 1 heterocycles. The molecule has 2 atom stereocenters. The molecule has 0 amide bonds. The number of hydrogen-bond acceptors (Lipinski definition) is 2. The molecule has 1 aliphatic rings. The third kappa shape index (κ3) is 2.45. The summed E-state index contributed by atoms with van der Waals surface area (Å²) in [6, 6.07) is 12.2. The summed E-state index contributed by atoms with van der Waals surface area (Å²) in [5, 5.41) is 0. The van der Waals surface area contributed by atoms with E-state index in [9.17, 15) is 8.78 Å². The lowest BCUT2D eigenvalue weighted by molar-refractivity contribution is 0.159. The molecule has 110 valence electrons. The van der Waals surface area contributed by atoms with E-state index in [0.717, 1.165) is 11.6 Å². The van der Waals surface area contributed by atoms with E-state index in [1.165, 1.54) is 6.07 Å². The monoisotopic (exact) mass is 288 g/mol. The molecule has 0 bridgehead atoms. The van der Waals surface area contributed by atoms with Gasteiger partial charge in [-0.2, -0.15) is 0 Å². The van der Waals surface area contributed by atoms with Crippen LogP contribution in [0.25, 0.3) is 0 Å². The summed E-state index contributed by atoms with van der Waals surface area (Å²) >= 11 is 0. The fraction of sp³-hybridized carbons (Fsp3) is 0.294. The molecule has 2 aromatic carbocycles. The van der Waals surface area contributed by atoms with E-state index in [-0.39, 0.29) is 12.1 Å². The average molecular weight is 288 g/mol. The fourth-order valence-corrected chi connectivity index (χ4v) is 3.20. The Balaban J connectivity index is 1.97. The Kier molecular flexibility index (Phi) is 3.74. The molecule has 0 aromatic heterocycles. The zero-order valence-electron chi connectivity index (χ0n) is 11.9. The van der Waals surface area contributed by atoms with Crippen molar-refractivity contribution in [2.45, 2.75) is 25.6 Å². The molecule has 4 heteroatoms. The van der Waals surface area contributed by atoms with Gasteiger partial charge in [-0.05, 0) is 24.1 Å². The normalized spacial score (nSPS) is 19.5. The van der Waals surface area contributed by atoms with Gasteiger partial charge >= 0.3 is 0 Å². The first kappa shape index (κ1) is 14.2. The number of benzene rings is 2. The van der Waals surface area contributed by atoms with Crippen molar-refractivity contribution in [1.82, 2.24) is 4.90 Å². The van der Waals surface area contributed by atoms with Gasteiger partial charge in [-0.1, -0.05) is 30.3 Å². The first-order valence-electron chi connectivity index (χ1n) is 7.10. The van der Waals surface area contributed by atoms with Gasteiger partial charge in [0.05, 0.1) is 6.04 Å². The summed E-state index contributed by atoms with van der Waals surface area (Å²) < 4.78 is 27.5. The molecular weight excluding hydrogens is 270 g/mol. The maximum atomic E-state index is 14.1. The van der Waals surface area contributed by atoms with Crippen LogP contribution in [0.3, 0.4) is 0 Å². The molecule has 0 saturated carbocycles. The molecule has 0 spiro atoms. The lowest BCUT2D eigenvalue weighted by Crippen LogP contribution is -2.30. The predicted octanol–water partition coefficient (Wildman–Crippen LogP) is 3.54. The van der Waals surface area contributed by atoms with E-state index in [0.29, 0.717) is 24.2 Å². The van der Waals surface area contributed by atoms with Gasteiger partial charge in [-0.3, -0.25) is 4.90 Å². The molecule has 2 nitrogen and oxygen atoms in total. The Labute approximate surface area is 123 Å². The summed E-state index contributed by atoms with van der Waals surface area (Å²) in [6.45, 7) is 2.90. The number of rotatable bonds is 3. The lowest BCUT2D eigenvalue weighted by Gasteiger charge is -2.30. The molecule has 2 N–H and O–H groups in total. The highest BCUT2D eigenvalue weighted by Crippen LogP contribution is 2.40. The summed E-state index contributed by atoms with van der Waals surface area (Å²) in [7, 11) is 0. The summed E-state index contributed by atoms with van der Waals surface area (Å²) in [6.07, 6.45) is 0. The van der Waals surface area contributed by atoms with Crippen molar-refractivity contribution >= 4 is 0 Å². The largest absolute Gasteiger partial charge is 0.329 e. The fourth-order valence-electron chi connectivity index (χ4n) is 3.20. The molecule has 2 aromatic rings. The highest BCUT2D eigenvalue weighted by atomic mass is 19.1. The number of nitrogens with zero attached hydrogens (tertiary/aromatic N) is 1. The summed E-state index contributed by atoms with van der Waals surface area (Å²) in [5.74, 6) is -1.03. The molecule has 0 saturated heterocycles. The van der Waals surface area contributed by atoms with Crippen molar-refractivity contribution in [1.29, 1.82) is 0 Å². The van der Waals surface area contributed by atoms with Crippen LogP contribution in [0.1, 0.15) is 35.7 Å². The SMILES string of the molecule is CC(c1ccccc1)N1Cc2cc(F)cc(F)c2C1CN. The van der Waals surface area contributed by atoms with E-state index in [2.05, 4.69) is 11.8 Å². The van der Waals surface area contributed by atoms with E-state index >= 15 is 0 Å². The minimum absolute atomic E-state index is 0.0922. The molecule has 1 aliphatic heterocycles. The van der Waals surface area contributed by atoms with Crippen LogP contribution in [0, 0.1) is 11.6 Å². The lowest BCUT2D eigenvalue weighted by atomic mass is 10.0. The molecular formula is C17H18F2N2. The highest BCUT2D eigenvalue weighted by molar-refractivity contribution is 5.37. The maximum absolute atomic E-state index is 14.1. The van der Waals surface area contributed by atoms with Gasteiger partial charge in [0.2, 0.25) is 0 Å². The van der Waals surface area contributed by atoms with Crippen LogP contribution >= 0.6 is 0 Å². The van der Waals surface area contributed by atoms with Gasteiger partial charge in [0.15, 0.2) is 0 Å². The van der Waals surface area contributed by atoms with Gasteiger partial charge in [-0.25, -0.2) is 8.78 Å². The van der Waals surface area contributed by atoms with E-state index < -0.39 is 11.6 Å². The summed E-state index contributed by atoms with van der Waals surface area (Å²) in [5.41, 5.74) is 8.25. The molecule has 2 unspecified atom stereocenters. The first-order chi connectivity index (χ1) is 10.1. The van der Waals surface area contributed by atoms with Gasteiger partial charge in [0, 0.05) is 30.8 Å². The average Bonchev–Trinajstić information content (AvgIpc) is 2.85. The standard InChI is InChI=1S/C17H18F2N2/c1-11(12-5-3-2-4-6-12)21-10-13-7-14(18)8-15(19)17(13)16(21)9-20/h2-8,11,16H,9-10,20H2,1H3. The van der Waals surface area contributed by atoms with Crippen LogP contribution in [0.2, 0.25) is 0 Å². The Bertz CT molecular complexity index is 643. The van der Waals surface area contributed by atoms with E-state index in [1.54, 1.807) is 0 Å². The predicted molar refractivity (Wildman–Crippen MR) is 78.6 cm³/mol. The van der Waals surface area contributed by atoms with Gasteiger partial charge in [0.25, 0.3) is 0 Å². The Morgan fingerprint density at radius 2 is 1.95 bits per heavy atom. The third-order valence-corrected chi connectivity index (χ3v) is 4.27. The van der Waals surface area contributed by atoms with Crippen LogP contribution in [-0.2, 0) is 6.54 Å². The molecule has 21 heavy (non-hydrogen) atoms. The molecule has 0 fully saturated rings. The molecule has 0 radical (unpaired) electrons. The maximum Gasteiger partial charge on any atom is 0.131 e. The van der Waals surface area contributed by atoms with Crippen LogP contribution in [0.5, 0.6) is 0 Å². The third-order valence-electron chi connectivity index (χ3n) is 4.27. The smallest absolute Gasteiger partial charge is 0.131 e. The van der Waals surface area contributed by atoms with Crippen LogP contribution in [0.15, 0.2) is 42.5 Å². The second kappa shape index (κ2) is 5.54. The van der Waals surface area contributed by atoms with Crippen molar-refractivity contribution < 1.29 is 8.78 Å². The van der Waals surface area contributed by atoms with Crippen molar-refractivity contribution in [2.75, 3.05) is 6.54 Å². The number of fused-ring (bicyclic) bond motifs is 1. The molecule has 3 rings (SSSR count). The molecule has 0 aliphatic carbocycles. The van der Waals surface area contributed by atoms with E-state index in [1.807, 2.05) is 30.3 Å². The van der Waals surface area contributed by atoms with Crippen molar-refractivity contribution in [3.63, 3.8) is 0 Å². The van der Waals surface area contributed by atoms with Crippen LogP contribution in [0.4, 0.5) is 8.78 Å². The number of halogens is 2. The van der Waals surface area contributed by atoms with Crippen LogP contribution in [-0.4, -0.2) is 11.4 Å². The van der Waals surface area contributed by atoms with Crippen molar-refractivity contribution in [2.24, 2.45) is 5.73 Å². The first-order valence-corrected chi connectivity index (χ1v) is 7.10. The Hall–Kier alpha value is -1.78. The topological polar surface area (TPSA) is 29.3 Å². The van der Waals surface area contributed by atoms with Gasteiger partial charge < -0.3 is 5.73 Å². The number of nitrogens with two attached hydrogens (primary N) is 1. The van der Waals surface area contributed by atoms with Gasteiger partial charge in [-0.15, -0.1) is 0 Å². The van der Waals surface area contributed by atoms with Crippen LogP contribution < -0.4 is 5.73 Å². The van der Waals surface area contributed by atoms with Gasteiger partial charge in [0.1, 0.15) is 11.6 Å². The minimum atomic E-state index is -0.531. The quantitative estimate of drug-likeness (QED) is 0.936. The zero-order chi connectivity index (χ0) is 15.0. The highest BCUT2D eigenvalue weighted by Gasteiger charge is 2.35. The van der Waals surface area contributed by atoms with Crippen molar-refractivity contribution in [3.8, 4) is 0 Å². The van der Waals surface area contributed by atoms with E-state index in [4.69, 9.17) is 5.73 Å². The second-order valence-electron chi connectivity index (χ2n) is 5.47. The zero-order valence-corrected chi connectivity index (χ0v) is 11.9. The van der Waals surface area contributed by atoms with Crippen molar-refractivity contribution in [3.05, 3.63) is 70.8 Å². The minimum Gasteiger partial charge on any atom is -0.329 e. The Morgan fingerprint density at radius 3 is 2.62 bits per heavy atom. The Morgan fingerprint density at radius 1 is 1.24 bits per heavy atom. The second-order valence-corrected chi connectivity index (χ2v) is 5.47. The number of hydrogen-bond donors (Lipinski definition) is 1.